The van der Waals surface area contributed by atoms with Crippen LogP contribution in [0.25, 0.3) is 16.8 Å². The Morgan fingerprint density at radius 3 is 2.61 bits per heavy atom. The molecule has 0 aliphatic rings. The summed E-state index contributed by atoms with van der Waals surface area (Å²) in [5, 5.41) is 7.34. The second-order valence-electron chi connectivity index (χ2n) is 6.75. The summed E-state index contributed by atoms with van der Waals surface area (Å²) >= 11 is 0. The highest BCUT2D eigenvalue weighted by atomic mass is 16.2. The van der Waals surface area contributed by atoms with Crippen LogP contribution >= 0.6 is 0 Å². The van der Waals surface area contributed by atoms with Gasteiger partial charge in [0.05, 0.1) is 5.69 Å². The molecule has 0 saturated carbocycles. The van der Waals surface area contributed by atoms with Gasteiger partial charge in [-0.15, -0.1) is 0 Å². The van der Waals surface area contributed by atoms with Crippen molar-refractivity contribution in [2.24, 2.45) is 0 Å². The van der Waals surface area contributed by atoms with Crippen LogP contribution in [0.2, 0.25) is 0 Å². The maximum atomic E-state index is 12.8. The number of hydrogen-bond acceptors (Lipinski definition) is 3. The number of aromatic nitrogens is 3. The molecule has 0 unspecified atom stereocenters. The number of benzene rings is 2. The summed E-state index contributed by atoms with van der Waals surface area (Å²) in [5.74, 6) is -0.247. The van der Waals surface area contributed by atoms with Gasteiger partial charge in [0, 0.05) is 23.6 Å². The molecule has 2 heterocycles. The number of rotatable bonds is 4. The minimum Gasteiger partial charge on any atom is -0.324 e. The number of nitrogens with zero attached hydrogens (tertiary/aromatic N) is 3. The van der Waals surface area contributed by atoms with Crippen LogP contribution < -0.4 is 10.9 Å². The Labute approximate surface area is 162 Å². The number of amides is 1. The van der Waals surface area contributed by atoms with E-state index in [0.717, 1.165) is 28.1 Å². The fourth-order valence-corrected chi connectivity index (χ4v) is 3.13. The zero-order valence-electron chi connectivity index (χ0n) is 15.7. The highest BCUT2D eigenvalue weighted by Gasteiger charge is 2.12. The summed E-state index contributed by atoms with van der Waals surface area (Å²) in [7, 11) is 0. The monoisotopic (exact) mass is 372 g/mol. The summed E-state index contributed by atoms with van der Waals surface area (Å²) in [4.78, 5) is 25.3. The van der Waals surface area contributed by atoms with Gasteiger partial charge in [-0.3, -0.25) is 9.59 Å². The Bertz CT molecular complexity index is 1220. The van der Waals surface area contributed by atoms with Gasteiger partial charge in [0.25, 0.3) is 5.56 Å². The van der Waals surface area contributed by atoms with Gasteiger partial charge in [-0.1, -0.05) is 42.5 Å². The lowest BCUT2D eigenvalue weighted by atomic mass is 10.1. The van der Waals surface area contributed by atoms with Gasteiger partial charge in [-0.05, 0) is 37.1 Å². The molecule has 28 heavy (non-hydrogen) atoms. The quantitative estimate of drug-likeness (QED) is 0.597. The predicted octanol–water partition coefficient (Wildman–Crippen LogP) is 3.42. The van der Waals surface area contributed by atoms with E-state index in [2.05, 4.69) is 10.4 Å². The molecule has 0 bridgehead atoms. The minimum absolute atomic E-state index is 0.0609. The van der Waals surface area contributed by atoms with E-state index in [1.807, 2.05) is 62.4 Å². The van der Waals surface area contributed by atoms with E-state index in [9.17, 15) is 9.59 Å². The molecule has 0 spiro atoms. The first kappa shape index (κ1) is 17.7. The van der Waals surface area contributed by atoms with E-state index in [-0.39, 0.29) is 18.0 Å². The van der Waals surface area contributed by atoms with E-state index >= 15 is 0 Å². The molecule has 140 valence electrons. The molecule has 0 aliphatic carbocycles. The standard InChI is InChI=1S/C22H20N4O2/c1-15-7-6-10-18(16(15)2)23-21(27)14-25-11-12-26-20(22(25)28)13-19(24-26)17-8-4-3-5-9-17/h3-13H,14H2,1-2H3,(H,23,27). The number of hydrogen-bond donors (Lipinski definition) is 1. The van der Waals surface area contributed by atoms with E-state index < -0.39 is 0 Å². The molecule has 2 aromatic carbocycles. The van der Waals surface area contributed by atoms with Gasteiger partial charge in [-0.25, -0.2) is 4.52 Å². The molecule has 1 amide bonds. The van der Waals surface area contributed by atoms with Gasteiger partial charge < -0.3 is 9.88 Å². The van der Waals surface area contributed by atoms with Crippen molar-refractivity contribution in [2.75, 3.05) is 5.32 Å². The zero-order chi connectivity index (χ0) is 19.7. The van der Waals surface area contributed by atoms with Crippen molar-refractivity contribution >= 4 is 17.1 Å². The van der Waals surface area contributed by atoms with Gasteiger partial charge in [0.2, 0.25) is 5.91 Å². The summed E-state index contributed by atoms with van der Waals surface area (Å²) in [5.41, 5.74) is 4.70. The Morgan fingerprint density at radius 2 is 1.82 bits per heavy atom. The van der Waals surface area contributed by atoms with Crippen LogP contribution in [0.15, 0.2) is 71.8 Å². The van der Waals surface area contributed by atoms with Crippen LogP contribution in [0.5, 0.6) is 0 Å². The van der Waals surface area contributed by atoms with Gasteiger partial charge in [0.15, 0.2) is 0 Å². The van der Waals surface area contributed by atoms with Crippen molar-refractivity contribution in [1.82, 2.24) is 14.2 Å². The summed E-state index contributed by atoms with van der Waals surface area (Å²) < 4.78 is 2.94. The summed E-state index contributed by atoms with van der Waals surface area (Å²) in [6.45, 7) is 3.89. The third-order valence-corrected chi connectivity index (χ3v) is 4.87. The highest BCUT2D eigenvalue weighted by Crippen LogP contribution is 2.19. The molecular weight excluding hydrogens is 352 g/mol. The first-order valence-electron chi connectivity index (χ1n) is 9.03. The van der Waals surface area contributed by atoms with Crippen LogP contribution in [-0.2, 0) is 11.3 Å². The van der Waals surface area contributed by atoms with Crippen LogP contribution in [0.4, 0.5) is 5.69 Å². The molecule has 2 aromatic heterocycles. The van der Waals surface area contributed by atoms with E-state index in [1.165, 1.54) is 4.57 Å². The lowest BCUT2D eigenvalue weighted by molar-refractivity contribution is -0.116. The number of nitrogens with one attached hydrogen (secondary N) is 1. The topological polar surface area (TPSA) is 68.4 Å². The van der Waals surface area contributed by atoms with Crippen molar-refractivity contribution in [3.63, 3.8) is 0 Å². The van der Waals surface area contributed by atoms with Gasteiger partial charge in [0.1, 0.15) is 12.1 Å². The average Bonchev–Trinajstić information content (AvgIpc) is 3.14. The largest absolute Gasteiger partial charge is 0.324 e. The first-order chi connectivity index (χ1) is 13.5. The number of carbonyl (C=O) groups excluding carboxylic acids is 1. The maximum Gasteiger partial charge on any atom is 0.277 e. The number of fused-ring (bicyclic) bond motifs is 1. The molecule has 6 heteroatoms. The maximum absolute atomic E-state index is 12.8. The van der Waals surface area contributed by atoms with Crippen molar-refractivity contribution in [3.8, 4) is 11.3 Å². The van der Waals surface area contributed by atoms with E-state index in [4.69, 9.17) is 0 Å². The SMILES string of the molecule is Cc1cccc(NC(=O)Cn2ccn3nc(-c4ccccc4)cc3c2=O)c1C. The summed E-state index contributed by atoms with van der Waals surface area (Å²) in [6.07, 6.45) is 3.27. The van der Waals surface area contributed by atoms with Crippen LogP contribution in [0, 0.1) is 13.8 Å². The van der Waals surface area contributed by atoms with Gasteiger partial charge in [-0.2, -0.15) is 5.10 Å². The van der Waals surface area contributed by atoms with Crippen molar-refractivity contribution < 1.29 is 4.79 Å². The molecule has 0 aliphatic heterocycles. The van der Waals surface area contributed by atoms with Crippen molar-refractivity contribution in [2.45, 2.75) is 20.4 Å². The molecule has 0 radical (unpaired) electrons. The average molecular weight is 372 g/mol. The van der Waals surface area contributed by atoms with E-state index in [1.54, 1.807) is 23.0 Å². The molecule has 6 nitrogen and oxygen atoms in total. The summed E-state index contributed by atoms with van der Waals surface area (Å²) in [6, 6.07) is 17.2. The number of aryl methyl sites for hydroxylation is 1. The lowest BCUT2D eigenvalue weighted by Crippen LogP contribution is -2.28. The zero-order valence-corrected chi connectivity index (χ0v) is 15.7. The van der Waals surface area contributed by atoms with Crippen LogP contribution in [-0.4, -0.2) is 20.1 Å². The number of carbonyl (C=O) groups is 1. The molecule has 4 aromatic rings. The second kappa shape index (κ2) is 7.15. The van der Waals surface area contributed by atoms with Crippen LogP contribution in [0.3, 0.4) is 0 Å². The molecule has 4 rings (SSSR count). The minimum atomic E-state index is -0.256. The fraction of sp³-hybridized carbons (Fsp3) is 0.136. The Hall–Kier alpha value is -3.67. The third kappa shape index (κ3) is 3.32. The fourth-order valence-electron chi connectivity index (χ4n) is 3.13. The first-order valence-corrected chi connectivity index (χ1v) is 9.03. The Morgan fingerprint density at radius 1 is 1.04 bits per heavy atom. The van der Waals surface area contributed by atoms with Gasteiger partial charge >= 0.3 is 0 Å². The normalized spacial score (nSPS) is 10.9. The molecule has 1 N–H and O–H groups in total. The van der Waals surface area contributed by atoms with Crippen LogP contribution in [0.1, 0.15) is 11.1 Å². The van der Waals surface area contributed by atoms with Crippen molar-refractivity contribution in [1.29, 1.82) is 0 Å². The third-order valence-electron chi connectivity index (χ3n) is 4.87. The molecule has 0 atom stereocenters. The molecule has 0 fully saturated rings. The molecular formula is C22H20N4O2. The van der Waals surface area contributed by atoms with E-state index in [0.29, 0.717) is 5.52 Å². The second-order valence-corrected chi connectivity index (χ2v) is 6.75. The highest BCUT2D eigenvalue weighted by molar-refractivity contribution is 5.91. The Balaban J connectivity index is 1.61. The number of anilines is 1. The smallest absolute Gasteiger partial charge is 0.277 e. The lowest BCUT2D eigenvalue weighted by Gasteiger charge is -2.11. The molecule has 0 saturated heterocycles. The van der Waals surface area contributed by atoms with Crippen molar-refractivity contribution in [3.05, 3.63) is 88.5 Å². The predicted molar refractivity (Wildman–Crippen MR) is 109 cm³/mol. The Kier molecular flexibility index (Phi) is 4.53.